The smallest absolute Gasteiger partial charge is 0.234 e. The fraction of sp³-hybridized carbons (Fsp3) is 0.467. The zero-order valence-electron chi connectivity index (χ0n) is 12.6. The number of hydrogen-bond donors (Lipinski definition) is 1. The van der Waals surface area contributed by atoms with Crippen molar-refractivity contribution in [2.75, 3.05) is 6.26 Å². The molecule has 0 aliphatic carbocycles. The molecule has 2 N–H and O–H groups in total. The third kappa shape index (κ3) is 2.74. The molecule has 20 heavy (non-hydrogen) atoms. The Kier molecular flexibility index (Phi) is 3.93. The van der Waals surface area contributed by atoms with Crippen molar-refractivity contribution in [3.63, 3.8) is 0 Å². The molecule has 2 aromatic rings. The first-order valence-electron chi connectivity index (χ1n) is 6.53. The van der Waals surface area contributed by atoms with Gasteiger partial charge in [-0.1, -0.05) is 5.16 Å². The van der Waals surface area contributed by atoms with Gasteiger partial charge in [-0.2, -0.15) is 4.98 Å². The van der Waals surface area contributed by atoms with Gasteiger partial charge >= 0.3 is 0 Å². The Bertz CT molecular complexity index is 582. The molecule has 0 atom stereocenters. The number of hydrogen-bond acceptors (Lipinski definition) is 5. The van der Waals surface area contributed by atoms with Gasteiger partial charge in [-0.3, -0.25) is 0 Å². The summed E-state index contributed by atoms with van der Waals surface area (Å²) >= 11 is 1.70. The predicted molar refractivity (Wildman–Crippen MR) is 82.8 cm³/mol. The number of aromatic nitrogens is 2. The van der Waals surface area contributed by atoms with Gasteiger partial charge in [0, 0.05) is 16.0 Å². The van der Waals surface area contributed by atoms with Crippen molar-refractivity contribution in [2.45, 2.75) is 43.5 Å². The Labute approximate surface area is 124 Å². The lowest BCUT2D eigenvalue weighted by atomic mass is 9.75. The van der Waals surface area contributed by atoms with Crippen LogP contribution in [0.4, 0.5) is 0 Å². The number of rotatable bonds is 4. The standard InChI is InChI=1S/C15H21N3OS/c1-14(2,15(3,4)16)13-17-12(18-19-13)10-6-8-11(20-5)9-7-10/h6-9H,16H2,1-5H3. The summed E-state index contributed by atoms with van der Waals surface area (Å²) in [5.41, 5.74) is 6.31. The average Bonchev–Trinajstić information content (AvgIpc) is 2.87. The van der Waals surface area contributed by atoms with Crippen LogP contribution in [0.5, 0.6) is 0 Å². The van der Waals surface area contributed by atoms with Gasteiger partial charge in [0.1, 0.15) is 0 Å². The molecule has 0 aliphatic heterocycles. The molecule has 108 valence electrons. The van der Waals surface area contributed by atoms with E-state index < -0.39 is 11.0 Å². The second-order valence-electron chi connectivity index (χ2n) is 6.00. The SMILES string of the molecule is CSc1ccc(-c2noc(C(C)(C)C(C)(C)N)n2)cc1. The molecule has 0 amide bonds. The maximum Gasteiger partial charge on any atom is 0.234 e. The molecule has 0 aliphatic rings. The third-order valence-electron chi connectivity index (χ3n) is 3.92. The van der Waals surface area contributed by atoms with Crippen LogP contribution in [0, 0.1) is 0 Å². The highest BCUT2D eigenvalue weighted by atomic mass is 32.2. The van der Waals surface area contributed by atoms with Crippen LogP contribution in [0.3, 0.4) is 0 Å². The molecule has 2 rings (SSSR count). The third-order valence-corrected chi connectivity index (χ3v) is 4.66. The van der Waals surface area contributed by atoms with Crippen molar-refractivity contribution < 1.29 is 4.52 Å². The van der Waals surface area contributed by atoms with Crippen molar-refractivity contribution in [1.29, 1.82) is 0 Å². The minimum atomic E-state index is -0.445. The summed E-state index contributed by atoms with van der Waals surface area (Å²) in [6.45, 7) is 7.95. The first-order chi connectivity index (χ1) is 9.25. The summed E-state index contributed by atoms with van der Waals surface area (Å²) in [7, 11) is 0. The highest BCUT2D eigenvalue weighted by molar-refractivity contribution is 7.98. The highest BCUT2D eigenvalue weighted by Crippen LogP contribution is 2.33. The Morgan fingerprint density at radius 3 is 2.20 bits per heavy atom. The zero-order chi connectivity index (χ0) is 15.0. The molecule has 0 bridgehead atoms. The molecule has 4 nitrogen and oxygen atoms in total. The molecule has 0 saturated heterocycles. The second-order valence-corrected chi connectivity index (χ2v) is 6.88. The van der Waals surface area contributed by atoms with Crippen LogP contribution in [-0.4, -0.2) is 21.9 Å². The molecule has 0 spiro atoms. The molecular formula is C15H21N3OS. The molecule has 0 unspecified atom stereocenters. The van der Waals surface area contributed by atoms with Crippen molar-refractivity contribution in [3.05, 3.63) is 30.2 Å². The van der Waals surface area contributed by atoms with E-state index in [4.69, 9.17) is 10.3 Å². The summed E-state index contributed by atoms with van der Waals surface area (Å²) in [4.78, 5) is 5.72. The van der Waals surface area contributed by atoms with Crippen molar-refractivity contribution >= 4 is 11.8 Å². The normalized spacial score (nSPS) is 12.7. The fourth-order valence-corrected chi connectivity index (χ4v) is 2.02. The minimum Gasteiger partial charge on any atom is -0.338 e. The molecule has 1 heterocycles. The van der Waals surface area contributed by atoms with E-state index in [0.29, 0.717) is 11.7 Å². The quantitative estimate of drug-likeness (QED) is 0.874. The van der Waals surface area contributed by atoms with E-state index >= 15 is 0 Å². The molecule has 0 radical (unpaired) electrons. The minimum absolute atomic E-state index is 0.391. The molecule has 1 aromatic heterocycles. The maximum absolute atomic E-state index is 6.20. The lowest BCUT2D eigenvalue weighted by Crippen LogP contribution is -2.50. The summed E-state index contributed by atoms with van der Waals surface area (Å²) in [6.07, 6.45) is 2.05. The molecule has 5 heteroatoms. The zero-order valence-corrected chi connectivity index (χ0v) is 13.4. The van der Waals surface area contributed by atoms with E-state index in [9.17, 15) is 0 Å². The van der Waals surface area contributed by atoms with E-state index in [-0.39, 0.29) is 0 Å². The Hall–Kier alpha value is -1.33. The molecular weight excluding hydrogens is 270 g/mol. The van der Waals surface area contributed by atoms with Gasteiger partial charge < -0.3 is 10.3 Å². The first-order valence-corrected chi connectivity index (χ1v) is 7.75. The van der Waals surface area contributed by atoms with E-state index in [2.05, 4.69) is 10.1 Å². The largest absolute Gasteiger partial charge is 0.338 e. The van der Waals surface area contributed by atoms with Crippen LogP contribution < -0.4 is 5.73 Å². The lowest BCUT2D eigenvalue weighted by molar-refractivity contribution is 0.223. The van der Waals surface area contributed by atoms with E-state index in [1.165, 1.54) is 4.90 Å². The van der Waals surface area contributed by atoms with Gasteiger partial charge in [0.15, 0.2) is 0 Å². The molecule has 0 fully saturated rings. The summed E-state index contributed by atoms with van der Waals surface area (Å²) in [5, 5.41) is 4.07. The second kappa shape index (κ2) is 5.22. The van der Waals surface area contributed by atoms with Crippen LogP contribution >= 0.6 is 11.8 Å². The number of thioether (sulfide) groups is 1. The van der Waals surface area contributed by atoms with E-state index in [0.717, 1.165) is 5.56 Å². The summed E-state index contributed by atoms with van der Waals surface area (Å²) < 4.78 is 5.42. The summed E-state index contributed by atoms with van der Waals surface area (Å²) in [5.74, 6) is 1.17. The van der Waals surface area contributed by atoms with Crippen molar-refractivity contribution in [1.82, 2.24) is 10.1 Å². The van der Waals surface area contributed by atoms with Crippen LogP contribution in [0.1, 0.15) is 33.6 Å². The van der Waals surface area contributed by atoms with Gasteiger partial charge in [-0.25, -0.2) is 0 Å². The van der Waals surface area contributed by atoms with Gasteiger partial charge in [-0.05, 0) is 58.2 Å². The number of nitrogens with zero attached hydrogens (tertiary/aromatic N) is 2. The maximum atomic E-state index is 6.20. The number of nitrogens with two attached hydrogens (primary N) is 1. The average molecular weight is 291 g/mol. The van der Waals surface area contributed by atoms with Gasteiger partial charge in [-0.15, -0.1) is 11.8 Å². The number of benzene rings is 1. The Balaban J connectivity index is 2.33. The van der Waals surface area contributed by atoms with Crippen LogP contribution in [-0.2, 0) is 5.41 Å². The Morgan fingerprint density at radius 2 is 1.70 bits per heavy atom. The van der Waals surface area contributed by atoms with E-state index in [1.807, 2.05) is 58.2 Å². The molecule has 0 saturated carbocycles. The summed E-state index contributed by atoms with van der Waals surface area (Å²) in [6, 6.07) is 8.10. The van der Waals surface area contributed by atoms with Crippen LogP contribution in [0.15, 0.2) is 33.7 Å². The van der Waals surface area contributed by atoms with Crippen molar-refractivity contribution in [3.8, 4) is 11.4 Å². The first kappa shape index (κ1) is 15.1. The van der Waals surface area contributed by atoms with Crippen LogP contribution in [0.2, 0.25) is 0 Å². The lowest BCUT2D eigenvalue weighted by Gasteiger charge is -2.34. The van der Waals surface area contributed by atoms with E-state index in [1.54, 1.807) is 11.8 Å². The topological polar surface area (TPSA) is 64.9 Å². The predicted octanol–water partition coefficient (Wildman–Crippen LogP) is 3.47. The monoisotopic (exact) mass is 291 g/mol. The van der Waals surface area contributed by atoms with Crippen LogP contribution in [0.25, 0.3) is 11.4 Å². The van der Waals surface area contributed by atoms with Crippen molar-refractivity contribution in [2.24, 2.45) is 5.73 Å². The Morgan fingerprint density at radius 1 is 1.10 bits per heavy atom. The van der Waals surface area contributed by atoms with Gasteiger partial charge in [0.05, 0.1) is 5.41 Å². The van der Waals surface area contributed by atoms with Gasteiger partial charge in [0.25, 0.3) is 0 Å². The van der Waals surface area contributed by atoms with Gasteiger partial charge in [0.2, 0.25) is 11.7 Å². The molecule has 1 aromatic carbocycles. The highest BCUT2D eigenvalue weighted by Gasteiger charge is 2.40. The fourth-order valence-electron chi connectivity index (χ4n) is 1.61.